The van der Waals surface area contributed by atoms with Gasteiger partial charge in [-0.1, -0.05) is 23.5 Å². The zero-order chi connectivity index (χ0) is 22.1. The van der Waals surface area contributed by atoms with Crippen LogP contribution in [0.1, 0.15) is 63.1 Å². The summed E-state index contributed by atoms with van der Waals surface area (Å²) >= 11 is 1.69. The van der Waals surface area contributed by atoms with E-state index >= 15 is 0 Å². The van der Waals surface area contributed by atoms with Crippen LogP contribution in [0.2, 0.25) is 0 Å². The number of hydrogen-bond acceptors (Lipinski definition) is 8. The van der Waals surface area contributed by atoms with Crippen LogP contribution in [0.15, 0.2) is 18.2 Å². The summed E-state index contributed by atoms with van der Waals surface area (Å²) in [5.74, 6) is -0.287. The van der Waals surface area contributed by atoms with Gasteiger partial charge in [-0.15, -0.1) is 10.2 Å². The lowest BCUT2D eigenvalue weighted by Crippen LogP contribution is -2.52. The Balaban J connectivity index is 1.17. The van der Waals surface area contributed by atoms with Gasteiger partial charge in [0.2, 0.25) is 11.8 Å². The Hall–Kier alpha value is -2.69. The minimum atomic E-state index is -0.583. The van der Waals surface area contributed by atoms with Crippen LogP contribution in [0.4, 0.5) is 0 Å². The fraction of sp³-hybridized carbons (Fsp3) is 0.500. The summed E-state index contributed by atoms with van der Waals surface area (Å²) in [6.45, 7) is 3.78. The minimum absolute atomic E-state index is 0.145. The third kappa shape index (κ3) is 4.30. The number of piperidine rings is 2. The molecule has 10 heteroatoms. The first kappa shape index (κ1) is 21.2. The van der Waals surface area contributed by atoms with Crippen molar-refractivity contribution < 1.29 is 14.4 Å². The van der Waals surface area contributed by atoms with Crippen molar-refractivity contribution in [2.24, 2.45) is 0 Å². The monoisotopic (exact) mass is 454 g/mol. The zero-order valence-electron chi connectivity index (χ0n) is 17.7. The van der Waals surface area contributed by atoms with E-state index in [0.29, 0.717) is 37.5 Å². The van der Waals surface area contributed by atoms with Crippen LogP contribution in [0.3, 0.4) is 0 Å². The molecule has 1 atom stereocenters. The molecule has 4 heterocycles. The summed E-state index contributed by atoms with van der Waals surface area (Å²) in [5, 5.41) is 20.0. The maximum atomic E-state index is 12.8. The smallest absolute Gasteiger partial charge is 0.255 e. The van der Waals surface area contributed by atoms with Gasteiger partial charge in [-0.25, -0.2) is 0 Å². The second kappa shape index (κ2) is 9.05. The maximum Gasteiger partial charge on any atom is 0.255 e. The highest BCUT2D eigenvalue weighted by atomic mass is 32.1. The molecule has 1 aromatic carbocycles. The molecular formula is C22H26N6O3S. The van der Waals surface area contributed by atoms with Gasteiger partial charge in [0.15, 0.2) is 0 Å². The average molecular weight is 455 g/mol. The number of hydrogen-bond donors (Lipinski definition) is 3. The predicted octanol–water partition coefficient (Wildman–Crippen LogP) is 1.06. The van der Waals surface area contributed by atoms with E-state index in [0.717, 1.165) is 47.1 Å². The van der Waals surface area contributed by atoms with Gasteiger partial charge in [-0.2, -0.15) is 0 Å². The molecular weight excluding hydrogens is 428 g/mol. The van der Waals surface area contributed by atoms with Crippen LogP contribution in [-0.4, -0.2) is 52.0 Å². The predicted molar refractivity (Wildman–Crippen MR) is 118 cm³/mol. The number of imide groups is 1. The molecule has 1 unspecified atom stereocenters. The first-order chi connectivity index (χ1) is 15.6. The molecule has 2 fully saturated rings. The van der Waals surface area contributed by atoms with Crippen LogP contribution in [0, 0.1) is 0 Å². The summed E-state index contributed by atoms with van der Waals surface area (Å²) in [7, 11) is 0. The lowest BCUT2D eigenvalue weighted by atomic mass is 9.99. The number of benzene rings is 1. The van der Waals surface area contributed by atoms with E-state index < -0.39 is 6.04 Å². The Morgan fingerprint density at radius 1 is 1.09 bits per heavy atom. The Kier molecular flexibility index (Phi) is 5.99. The normalized spacial score (nSPS) is 21.7. The first-order valence-corrected chi connectivity index (χ1v) is 11.9. The molecule has 9 nitrogen and oxygen atoms in total. The third-order valence-electron chi connectivity index (χ3n) is 6.36. The van der Waals surface area contributed by atoms with Crippen molar-refractivity contribution in [1.82, 2.24) is 31.0 Å². The molecule has 0 radical (unpaired) electrons. The van der Waals surface area contributed by atoms with Gasteiger partial charge in [-0.3, -0.25) is 19.7 Å². The van der Waals surface area contributed by atoms with E-state index in [2.05, 4.69) is 26.1 Å². The van der Waals surface area contributed by atoms with E-state index in [9.17, 15) is 14.4 Å². The van der Waals surface area contributed by atoms with Gasteiger partial charge in [0.1, 0.15) is 16.1 Å². The number of carbonyl (C=O) groups is 3. The van der Waals surface area contributed by atoms with Crippen LogP contribution in [-0.2, 0) is 29.2 Å². The highest BCUT2D eigenvalue weighted by Gasteiger charge is 2.39. The number of nitrogens with one attached hydrogen (secondary N) is 3. The molecule has 168 valence electrons. The van der Waals surface area contributed by atoms with Gasteiger partial charge >= 0.3 is 0 Å². The number of carbonyl (C=O) groups excluding carboxylic acids is 3. The number of rotatable bonds is 6. The van der Waals surface area contributed by atoms with Gasteiger partial charge < -0.3 is 15.5 Å². The molecule has 1 aromatic heterocycles. The standard InChI is InChI=1S/C22H26N6O3S/c29-18-4-3-17(20(30)25-18)28-12-15-9-13(1-2-16(15)22(28)31)10-24-11-19-26-27-21(32-19)14-5-7-23-8-6-14/h1-2,9,14,17,23-24H,3-8,10-12H2,(H,25,29,30). The summed E-state index contributed by atoms with van der Waals surface area (Å²) < 4.78 is 0. The Morgan fingerprint density at radius 3 is 2.75 bits per heavy atom. The fourth-order valence-corrected chi connectivity index (χ4v) is 5.60. The van der Waals surface area contributed by atoms with Crippen LogP contribution >= 0.6 is 11.3 Å². The second-order valence-electron chi connectivity index (χ2n) is 8.55. The van der Waals surface area contributed by atoms with E-state index in [1.807, 2.05) is 18.2 Å². The number of nitrogens with zero attached hydrogens (tertiary/aromatic N) is 3. The Morgan fingerprint density at radius 2 is 1.94 bits per heavy atom. The highest BCUT2D eigenvalue weighted by Crippen LogP contribution is 2.29. The lowest BCUT2D eigenvalue weighted by Gasteiger charge is -2.29. The largest absolute Gasteiger partial charge is 0.322 e. The van der Waals surface area contributed by atoms with Crippen LogP contribution in [0.25, 0.3) is 0 Å². The van der Waals surface area contributed by atoms with Crippen molar-refractivity contribution in [3.8, 4) is 0 Å². The summed E-state index contributed by atoms with van der Waals surface area (Å²) in [6, 6.07) is 5.21. The number of aromatic nitrogens is 2. The highest BCUT2D eigenvalue weighted by molar-refractivity contribution is 7.11. The molecule has 3 aliphatic rings. The van der Waals surface area contributed by atoms with E-state index in [4.69, 9.17) is 0 Å². The molecule has 32 heavy (non-hydrogen) atoms. The second-order valence-corrected chi connectivity index (χ2v) is 9.65. The molecule has 3 N–H and O–H groups in total. The molecule has 0 bridgehead atoms. The zero-order valence-corrected chi connectivity index (χ0v) is 18.5. The summed E-state index contributed by atoms with van der Waals surface area (Å²) in [5.41, 5.74) is 2.63. The summed E-state index contributed by atoms with van der Waals surface area (Å²) in [4.78, 5) is 38.0. The lowest BCUT2D eigenvalue weighted by molar-refractivity contribution is -0.136. The molecule has 0 saturated carbocycles. The van der Waals surface area contributed by atoms with Gasteiger partial charge in [0, 0.05) is 37.5 Å². The Labute approximate surface area is 190 Å². The van der Waals surface area contributed by atoms with Gasteiger partial charge in [0.25, 0.3) is 5.91 Å². The molecule has 0 aliphatic carbocycles. The van der Waals surface area contributed by atoms with Crippen molar-refractivity contribution in [3.05, 3.63) is 44.9 Å². The Bertz CT molecular complexity index is 1050. The average Bonchev–Trinajstić information content (AvgIpc) is 3.39. The molecule has 3 amide bonds. The first-order valence-electron chi connectivity index (χ1n) is 11.1. The molecule has 2 saturated heterocycles. The van der Waals surface area contributed by atoms with Crippen molar-refractivity contribution >= 4 is 29.1 Å². The number of amides is 3. The minimum Gasteiger partial charge on any atom is -0.322 e. The molecule has 3 aliphatic heterocycles. The summed E-state index contributed by atoms with van der Waals surface area (Å²) in [6.07, 6.45) is 2.87. The molecule has 2 aromatic rings. The number of fused-ring (bicyclic) bond motifs is 1. The quantitative estimate of drug-likeness (QED) is 0.559. The van der Waals surface area contributed by atoms with Gasteiger partial charge in [-0.05, 0) is 49.5 Å². The maximum absolute atomic E-state index is 12.8. The molecule has 5 rings (SSSR count). The SMILES string of the molecule is O=C1CCC(N2Cc3cc(CNCc4nnc(C5CCNCC5)s4)ccc3C2=O)C(=O)N1. The molecule has 0 spiro atoms. The van der Waals surface area contributed by atoms with Crippen LogP contribution < -0.4 is 16.0 Å². The van der Waals surface area contributed by atoms with Crippen molar-refractivity contribution in [1.29, 1.82) is 0 Å². The van der Waals surface area contributed by atoms with Crippen molar-refractivity contribution in [2.75, 3.05) is 13.1 Å². The topological polar surface area (TPSA) is 116 Å². The van der Waals surface area contributed by atoms with Crippen molar-refractivity contribution in [3.63, 3.8) is 0 Å². The third-order valence-corrected chi connectivity index (χ3v) is 7.45. The van der Waals surface area contributed by atoms with Gasteiger partial charge in [0.05, 0.1) is 0 Å². The van der Waals surface area contributed by atoms with Crippen molar-refractivity contribution in [2.45, 2.75) is 57.3 Å². The van der Waals surface area contributed by atoms with E-state index in [-0.39, 0.29) is 24.1 Å². The van der Waals surface area contributed by atoms with E-state index in [1.165, 1.54) is 0 Å². The van der Waals surface area contributed by atoms with Crippen LogP contribution in [0.5, 0.6) is 0 Å². The fourth-order valence-electron chi connectivity index (χ4n) is 4.62. The van der Waals surface area contributed by atoms with E-state index in [1.54, 1.807) is 16.2 Å².